The molecule has 3 aromatic rings. The van der Waals surface area contributed by atoms with Crippen molar-refractivity contribution in [3.05, 3.63) is 53.0 Å². The number of fused-ring (bicyclic) bond motifs is 2. The van der Waals surface area contributed by atoms with Gasteiger partial charge in [0.2, 0.25) is 5.91 Å². The number of benzene rings is 2. The highest BCUT2D eigenvalue weighted by Gasteiger charge is 2.13. The van der Waals surface area contributed by atoms with E-state index in [-0.39, 0.29) is 18.9 Å². The molecule has 0 aliphatic carbocycles. The average molecular weight is 354 g/mol. The molecule has 134 valence electrons. The molecule has 1 N–H and O–H groups in total. The second-order valence-corrected chi connectivity index (χ2v) is 6.00. The summed E-state index contributed by atoms with van der Waals surface area (Å²) in [6.45, 7) is 1.44. The van der Waals surface area contributed by atoms with Crippen LogP contribution in [0.25, 0.3) is 11.1 Å². The van der Waals surface area contributed by atoms with Gasteiger partial charge in [-0.25, -0.2) is 4.79 Å². The van der Waals surface area contributed by atoms with Crippen LogP contribution >= 0.6 is 0 Å². The fourth-order valence-electron chi connectivity index (χ4n) is 2.90. The van der Waals surface area contributed by atoms with Gasteiger partial charge in [0, 0.05) is 31.1 Å². The Labute approximate surface area is 149 Å². The first-order chi connectivity index (χ1) is 12.7. The number of nitrogens with zero attached hydrogens (tertiary/aromatic N) is 1. The van der Waals surface area contributed by atoms with E-state index in [9.17, 15) is 9.59 Å². The summed E-state index contributed by atoms with van der Waals surface area (Å²) < 4.78 is 17.8. The maximum atomic E-state index is 12.3. The van der Waals surface area contributed by atoms with Crippen LogP contribution in [0, 0.1) is 0 Å². The topological polar surface area (TPSA) is 82.7 Å². The molecule has 4 rings (SSSR count). The highest BCUT2D eigenvalue weighted by molar-refractivity contribution is 5.91. The number of hydrogen-bond donors (Lipinski definition) is 1. The summed E-state index contributed by atoms with van der Waals surface area (Å²) in [5.41, 5.74) is 1.82. The third-order valence-electron chi connectivity index (χ3n) is 4.17. The van der Waals surface area contributed by atoms with Gasteiger partial charge in [0.25, 0.3) is 0 Å². The van der Waals surface area contributed by atoms with Gasteiger partial charge in [0.05, 0.1) is 18.7 Å². The molecule has 1 aliphatic heterocycles. The highest BCUT2D eigenvalue weighted by atomic mass is 16.5. The first-order valence-corrected chi connectivity index (χ1v) is 8.48. The number of nitrogens with one attached hydrogen (secondary N) is 1. The number of ether oxygens (including phenoxy) is 2. The number of carbonyl (C=O) groups excluding carboxylic acids is 1. The van der Waals surface area contributed by atoms with E-state index in [1.165, 1.54) is 4.57 Å². The van der Waals surface area contributed by atoms with Gasteiger partial charge >= 0.3 is 5.76 Å². The fraction of sp³-hybridized carbons (Fsp3) is 0.263. The molecule has 0 unspecified atom stereocenters. The molecule has 0 atom stereocenters. The van der Waals surface area contributed by atoms with Gasteiger partial charge in [0.15, 0.2) is 17.1 Å². The molecule has 0 spiro atoms. The van der Waals surface area contributed by atoms with Crippen molar-refractivity contribution in [1.82, 2.24) is 4.57 Å². The Balaban J connectivity index is 1.43. The van der Waals surface area contributed by atoms with E-state index in [1.807, 2.05) is 6.07 Å². The van der Waals surface area contributed by atoms with Crippen molar-refractivity contribution in [1.29, 1.82) is 0 Å². The number of aromatic nitrogens is 1. The normalized spacial score (nSPS) is 13.4. The molecule has 1 aliphatic rings. The molecular formula is C19H18N2O5. The van der Waals surface area contributed by atoms with Crippen molar-refractivity contribution in [3.8, 4) is 11.5 Å². The van der Waals surface area contributed by atoms with Crippen LogP contribution in [0.2, 0.25) is 0 Å². The lowest BCUT2D eigenvalue weighted by Crippen LogP contribution is -2.19. The molecule has 26 heavy (non-hydrogen) atoms. The van der Waals surface area contributed by atoms with Crippen LogP contribution in [0.3, 0.4) is 0 Å². The van der Waals surface area contributed by atoms with Gasteiger partial charge < -0.3 is 19.2 Å². The lowest BCUT2D eigenvalue weighted by molar-refractivity contribution is -0.116. The summed E-state index contributed by atoms with van der Waals surface area (Å²) in [5, 5.41) is 2.82. The van der Waals surface area contributed by atoms with Gasteiger partial charge in [-0.3, -0.25) is 9.36 Å². The number of carbonyl (C=O) groups is 1. The SMILES string of the molecule is O=C(CCn1c(=O)oc2ccccc21)Nc1ccc2c(c1)OCCCO2. The number of anilines is 1. The van der Waals surface area contributed by atoms with Crippen molar-refractivity contribution in [2.24, 2.45) is 0 Å². The minimum Gasteiger partial charge on any atom is -0.490 e. The molecule has 7 heteroatoms. The second kappa shape index (κ2) is 6.95. The molecule has 2 aromatic carbocycles. The number of aryl methyl sites for hydroxylation is 1. The fourth-order valence-corrected chi connectivity index (χ4v) is 2.90. The van der Waals surface area contributed by atoms with E-state index in [1.54, 1.807) is 36.4 Å². The Kier molecular flexibility index (Phi) is 4.35. The summed E-state index contributed by atoms with van der Waals surface area (Å²) in [5.74, 6) is 0.639. The quantitative estimate of drug-likeness (QED) is 0.779. The Morgan fingerprint density at radius 1 is 1.08 bits per heavy atom. The van der Waals surface area contributed by atoms with Crippen molar-refractivity contribution in [2.75, 3.05) is 18.5 Å². The smallest absolute Gasteiger partial charge is 0.419 e. The molecule has 0 radical (unpaired) electrons. The standard InChI is InChI=1S/C19H18N2O5/c22-18(8-9-21-14-4-1-2-5-15(14)26-19(21)23)20-13-6-7-16-17(12-13)25-11-3-10-24-16/h1-2,4-7,12H,3,8-11H2,(H,20,22). The Hall–Kier alpha value is -3.22. The molecule has 0 bridgehead atoms. The predicted molar refractivity (Wildman–Crippen MR) is 95.8 cm³/mol. The van der Waals surface area contributed by atoms with Crippen molar-refractivity contribution in [2.45, 2.75) is 19.4 Å². The van der Waals surface area contributed by atoms with E-state index < -0.39 is 5.76 Å². The lowest BCUT2D eigenvalue weighted by Gasteiger charge is -2.10. The first kappa shape index (κ1) is 16.3. The van der Waals surface area contributed by atoms with Gasteiger partial charge in [-0.05, 0) is 24.3 Å². The summed E-state index contributed by atoms with van der Waals surface area (Å²) >= 11 is 0. The van der Waals surface area contributed by atoms with Crippen LogP contribution in [0.15, 0.2) is 51.7 Å². The van der Waals surface area contributed by atoms with Crippen LogP contribution in [-0.4, -0.2) is 23.7 Å². The number of hydrogen-bond acceptors (Lipinski definition) is 5. The summed E-state index contributed by atoms with van der Waals surface area (Å²) in [6, 6.07) is 12.4. The van der Waals surface area contributed by atoms with E-state index in [2.05, 4.69) is 5.32 Å². The average Bonchev–Trinajstić information content (AvgIpc) is 2.79. The number of oxazole rings is 1. The zero-order chi connectivity index (χ0) is 17.9. The molecule has 7 nitrogen and oxygen atoms in total. The van der Waals surface area contributed by atoms with Crippen molar-refractivity contribution in [3.63, 3.8) is 0 Å². The minimum absolute atomic E-state index is 0.151. The molecule has 1 aromatic heterocycles. The van der Waals surface area contributed by atoms with Gasteiger partial charge in [-0.2, -0.15) is 0 Å². The molecule has 0 saturated carbocycles. The third kappa shape index (κ3) is 3.28. The van der Waals surface area contributed by atoms with Crippen LogP contribution in [0.1, 0.15) is 12.8 Å². The highest BCUT2D eigenvalue weighted by Crippen LogP contribution is 2.32. The van der Waals surface area contributed by atoms with E-state index in [4.69, 9.17) is 13.9 Å². The Morgan fingerprint density at radius 2 is 1.88 bits per heavy atom. The molecular weight excluding hydrogens is 336 g/mol. The predicted octanol–water partition coefficient (Wildman–Crippen LogP) is 2.78. The number of rotatable bonds is 4. The van der Waals surface area contributed by atoms with Gasteiger partial charge in [-0.15, -0.1) is 0 Å². The van der Waals surface area contributed by atoms with Crippen molar-refractivity contribution < 1.29 is 18.7 Å². The van der Waals surface area contributed by atoms with E-state index >= 15 is 0 Å². The lowest BCUT2D eigenvalue weighted by atomic mass is 10.2. The maximum absolute atomic E-state index is 12.3. The first-order valence-electron chi connectivity index (χ1n) is 8.48. The number of para-hydroxylation sites is 2. The maximum Gasteiger partial charge on any atom is 0.419 e. The van der Waals surface area contributed by atoms with E-state index in [0.717, 1.165) is 6.42 Å². The van der Waals surface area contributed by atoms with E-state index in [0.29, 0.717) is 41.5 Å². The number of amides is 1. The third-order valence-corrected chi connectivity index (χ3v) is 4.17. The van der Waals surface area contributed by atoms with Crippen molar-refractivity contribution >= 4 is 22.7 Å². The van der Waals surface area contributed by atoms with Crippen LogP contribution in [-0.2, 0) is 11.3 Å². The zero-order valence-corrected chi connectivity index (χ0v) is 14.1. The summed E-state index contributed by atoms with van der Waals surface area (Å²) in [7, 11) is 0. The van der Waals surface area contributed by atoms with Crippen LogP contribution in [0.4, 0.5) is 5.69 Å². The van der Waals surface area contributed by atoms with Gasteiger partial charge in [0.1, 0.15) is 0 Å². The van der Waals surface area contributed by atoms with Crippen LogP contribution in [0.5, 0.6) is 11.5 Å². The molecule has 0 saturated heterocycles. The zero-order valence-electron chi connectivity index (χ0n) is 14.1. The largest absolute Gasteiger partial charge is 0.490 e. The minimum atomic E-state index is -0.463. The monoisotopic (exact) mass is 354 g/mol. The Morgan fingerprint density at radius 3 is 2.77 bits per heavy atom. The summed E-state index contributed by atoms with van der Waals surface area (Å²) in [6.07, 6.45) is 0.974. The molecule has 0 fully saturated rings. The second-order valence-electron chi connectivity index (χ2n) is 6.00. The Bertz CT molecular complexity index is 1000. The molecule has 1 amide bonds. The van der Waals surface area contributed by atoms with Gasteiger partial charge in [-0.1, -0.05) is 12.1 Å². The molecule has 2 heterocycles. The summed E-state index contributed by atoms with van der Waals surface area (Å²) in [4.78, 5) is 24.2. The van der Waals surface area contributed by atoms with Crippen LogP contribution < -0.4 is 20.5 Å².